The molecule has 4 aromatic rings. The lowest BCUT2D eigenvalue weighted by Gasteiger charge is -2.20. The molecule has 2 amide bonds. The van der Waals surface area contributed by atoms with Crippen LogP contribution < -0.4 is 15.5 Å². The van der Waals surface area contributed by atoms with E-state index in [1.165, 1.54) is 0 Å². The normalized spacial score (nSPS) is 18.9. The highest BCUT2D eigenvalue weighted by Gasteiger charge is 2.51. The predicted octanol–water partition coefficient (Wildman–Crippen LogP) is 4.12. The van der Waals surface area contributed by atoms with E-state index in [-0.39, 0.29) is 17.6 Å². The van der Waals surface area contributed by atoms with E-state index in [1.54, 1.807) is 47.6 Å². The van der Waals surface area contributed by atoms with Crippen molar-refractivity contribution in [3.63, 3.8) is 0 Å². The molecule has 0 saturated heterocycles. The van der Waals surface area contributed by atoms with Crippen molar-refractivity contribution in [2.75, 3.05) is 22.1 Å². The monoisotopic (exact) mass is 489 g/mol. The molecule has 0 fully saturated rings. The van der Waals surface area contributed by atoms with Gasteiger partial charge in [-0.25, -0.2) is 9.97 Å². The molecule has 3 N–H and O–H groups in total. The van der Waals surface area contributed by atoms with Crippen LogP contribution in [-0.4, -0.2) is 33.4 Å². The smallest absolute Gasteiger partial charge is 0.258 e. The van der Waals surface area contributed by atoms with Crippen LogP contribution in [0.25, 0.3) is 0 Å². The quantitative estimate of drug-likeness (QED) is 0.400. The Kier molecular flexibility index (Phi) is 4.60. The second-order valence-corrected chi connectivity index (χ2v) is 9.85. The standard InChI is InChI=1S/C29H23N5O3/c35-22-5-6-24-17(13-22)8-11-34(24)27(36)18-7-10-30-25(14-18)32-21-4-3-19-15-29(16-20(19)12-21)23-2-1-9-31-26(23)33-28(29)37/h1-7,9-10,12-14,35H,8,11,15-16H2,(H,30,32)(H,31,33,37). The summed E-state index contributed by atoms with van der Waals surface area (Å²) in [5.41, 5.74) is 5.77. The highest BCUT2D eigenvalue weighted by atomic mass is 16.3. The summed E-state index contributed by atoms with van der Waals surface area (Å²) in [6, 6.07) is 18.5. The van der Waals surface area contributed by atoms with Crippen LogP contribution in [0.15, 0.2) is 73.1 Å². The molecule has 0 radical (unpaired) electrons. The summed E-state index contributed by atoms with van der Waals surface area (Å²) >= 11 is 0. The molecule has 4 heterocycles. The zero-order valence-corrected chi connectivity index (χ0v) is 19.9. The lowest BCUT2D eigenvalue weighted by Crippen LogP contribution is -2.35. The van der Waals surface area contributed by atoms with Crippen LogP contribution in [0.3, 0.4) is 0 Å². The maximum atomic E-state index is 13.3. The third-order valence-electron chi connectivity index (χ3n) is 7.66. The summed E-state index contributed by atoms with van der Waals surface area (Å²) in [5.74, 6) is 1.32. The first-order valence-corrected chi connectivity index (χ1v) is 12.3. The minimum Gasteiger partial charge on any atom is -0.508 e. The molecule has 0 saturated carbocycles. The minimum atomic E-state index is -0.613. The Bertz CT molecular complexity index is 1620. The van der Waals surface area contributed by atoms with Gasteiger partial charge in [-0.2, -0.15) is 0 Å². The van der Waals surface area contributed by atoms with Crippen LogP contribution in [0, 0.1) is 0 Å². The fraction of sp³-hybridized carbons (Fsp3) is 0.172. The van der Waals surface area contributed by atoms with Gasteiger partial charge in [-0.15, -0.1) is 0 Å². The van der Waals surface area contributed by atoms with Gasteiger partial charge in [0.15, 0.2) is 0 Å². The van der Waals surface area contributed by atoms with Crippen molar-refractivity contribution in [1.29, 1.82) is 0 Å². The molecule has 182 valence electrons. The van der Waals surface area contributed by atoms with Gasteiger partial charge in [-0.1, -0.05) is 12.1 Å². The number of phenols is 1. The van der Waals surface area contributed by atoms with Crippen molar-refractivity contribution in [3.05, 3.63) is 101 Å². The van der Waals surface area contributed by atoms with Crippen LogP contribution in [-0.2, 0) is 29.5 Å². The molecule has 37 heavy (non-hydrogen) atoms. The number of nitrogens with one attached hydrogen (secondary N) is 2. The van der Waals surface area contributed by atoms with E-state index >= 15 is 0 Å². The van der Waals surface area contributed by atoms with Crippen LogP contribution in [0.1, 0.15) is 32.6 Å². The Hall–Kier alpha value is -4.72. The minimum absolute atomic E-state index is 0.00140. The van der Waals surface area contributed by atoms with Gasteiger partial charge in [0.05, 0.1) is 5.41 Å². The lowest BCUT2D eigenvalue weighted by molar-refractivity contribution is -0.120. The van der Waals surface area contributed by atoms with Crippen molar-refractivity contribution >= 4 is 34.8 Å². The third kappa shape index (κ3) is 3.36. The largest absolute Gasteiger partial charge is 0.508 e. The summed E-state index contributed by atoms with van der Waals surface area (Å²) in [6.45, 7) is 0.571. The first kappa shape index (κ1) is 21.6. The third-order valence-corrected chi connectivity index (χ3v) is 7.66. The summed E-state index contributed by atoms with van der Waals surface area (Å²) in [7, 11) is 0. The van der Waals surface area contributed by atoms with E-state index in [4.69, 9.17) is 0 Å². The second-order valence-electron chi connectivity index (χ2n) is 9.85. The van der Waals surface area contributed by atoms with E-state index < -0.39 is 5.41 Å². The zero-order valence-electron chi connectivity index (χ0n) is 19.9. The predicted molar refractivity (Wildman–Crippen MR) is 139 cm³/mol. The molecule has 2 aromatic heterocycles. The molecule has 8 heteroatoms. The maximum Gasteiger partial charge on any atom is 0.258 e. The van der Waals surface area contributed by atoms with E-state index in [9.17, 15) is 14.7 Å². The number of amides is 2. The average molecular weight is 490 g/mol. The van der Waals surface area contributed by atoms with E-state index in [0.29, 0.717) is 43.0 Å². The number of carbonyl (C=O) groups excluding carboxylic acids is 2. The van der Waals surface area contributed by atoms with Crippen molar-refractivity contribution in [1.82, 2.24) is 9.97 Å². The highest BCUT2D eigenvalue weighted by molar-refractivity contribution is 6.08. The number of rotatable bonds is 3. The molecule has 2 aromatic carbocycles. The number of benzene rings is 2. The molecule has 7 rings (SSSR count). The van der Waals surface area contributed by atoms with Crippen LogP contribution >= 0.6 is 0 Å². The second kappa shape index (κ2) is 7.89. The van der Waals surface area contributed by atoms with Crippen LogP contribution in [0.2, 0.25) is 0 Å². The number of pyridine rings is 2. The Morgan fingerprint density at radius 1 is 0.973 bits per heavy atom. The summed E-state index contributed by atoms with van der Waals surface area (Å²) in [4.78, 5) is 36.8. The van der Waals surface area contributed by atoms with E-state index in [2.05, 4.69) is 32.7 Å². The molecule has 2 aliphatic heterocycles. The molecule has 3 aliphatic rings. The molecule has 1 aliphatic carbocycles. The van der Waals surface area contributed by atoms with E-state index in [1.807, 2.05) is 18.2 Å². The van der Waals surface area contributed by atoms with Gasteiger partial charge in [-0.3, -0.25) is 9.59 Å². The number of phenolic OH excluding ortho intramolecular Hbond substituents is 1. The SMILES string of the molecule is O=C(c1ccnc(Nc2ccc3c(c2)CC2(C3)C(=O)Nc3ncccc32)c1)N1CCc2cc(O)ccc21. The van der Waals surface area contributed by atoms with Gasteiger partial charge < -0.3 is 20.6 Å². The zero-order chi connectivity index (χ0) is 25.1. The van der Waals surface area contributed by atoms with E-state index in [0.717, 1.165) is 33.6 Å². The average Bonchev–Trinajstić information content (AvgIpc) is 3.57. The van der Waals surface area contributed by atoms with Gasteiger partial charge in [-0.05, 0) is 84.5 Å². The number of carbonyl (C=O) groups is 2. The number of aromatic nitrogens is 2. The first-order chi connectivity index (χ1) is 18.0. The number of hydrogen-bond donors (Lipinski definition) is 3. The van der Waals surface area contributed by atoms with Gasteiger partial charge in [0.1, 0.15) is 17.4 Å². The maximum absolute atomic E-state index is 13.3. The molecule has 1 spiro atoms. The molecule has 1 unspecified atom stereocenters. The van der Waals surface area contributed by atoms with Crippen molar-refractivity contribution < 1.29 is 14.7 Å². The highest BCUT2D eigenvalue weighted by Crippen LogP contribution is 2.47. The topological polar surface area (TPSA) is 107 Å². The number of aromatic hydroxyl groups is 1. The van der Waals surface area contributed by atoms with Crippen molar-refractivity contribution in [2.24, 2.45) is 0 Å². The molecular formula is C29H23N5O3. The summed E-state index contributed by atoms with van der Waals surface area (Å²) in [6.07, 6.45) is 5.28. The van der Waals surface area contributed by atoms with Crippen LogP contribution in [0.5, 0.6) is 5.75 Å². The number of anilines is 4. The Labute approximate surface area is 213 Å². The van der Waals surface area contributed by atoms with Gasteiger partial charge in [0, 0.05) is 41.4 Å². The fourth-order valence-electron chi connectivity index (χ4n) is 5.88. The lowest BCUT2D eigenvalue weighted by atomic mass is 9.79. The number of hydrogen-bond acceptors (Lipinski definition) is 6. The molecular weight excluding hydrogens is 466 g/mol. The molecule has 8 nitrogen and oxygen atoms in total. The summed E-state index contributed by atoms with van der Waals surface area (Å²) in [5, 5.41) is 16.0. The summed E-state index contributed by atoms with van der Waals surface area (Å²) < 4.78 is 0. The molecule has 0 bridgehead atoms. The Morgan fingerprint density at radius 3 is 2.78 bits per heavy atom. The number of fused-ring (bicyclic) bond motifs is 4. The van der Waals surface area contributed by atoms with Gasteiger partial charge in [0.25, 0.3) is 5.91 Å². The first-order valence-electron chi connectivity index (χ1n) is 12.3. The van der Waals surface area contributed by atoms with Gasteiger partial charge in [0.2, 0.25) is 5.91 Å². The van der Waals surface area contributed by atoms with Crippen molar-refractivity contribution in [3.8, 4) is 5.75 Å². The van der Waals surface area contributed by atoms with Gasteiger partial charge >= 0.3 is 0 Å². The van der Waals surface area contributed by atoms with Crippen LogP contribution in [0.4, 0.5) is 23.0 Å². The Morgan fingerprint density at radius 2 is 1.86 bits per heavy atom. The van der Waals surface area contributed by atoms with Crippen molar-refractivity contribution in [2.45, 2.75) is 24.7 Å². The number of nitrogens with zero attached hydrogens (tertiary/aromatic N) is 3. The fourth-order valence-corrected chi connectivity index (χ4v) is 5.88. The molecule has 1 atom stereocenters. The Balaban J connectivity index is 1.13.